The Morgan fingerprint density at radius 1 is 1.19 bits per heavy atom. The van der Waals surface area contributed by atoms with Gasteiger partial charge in [-0.3, -0.25) is 0 Å². The summed E-state index contributed by atoms with van der Waals surface area (Å²) >= 11 is 2.35. The Bertz CT molecular complexity index is 573. The van der Waals surface area contributed by atoms with Crippen molar-refractivity contribution in [2.75, 3.05) is 26.2 Å². The molecule has 0 saturated carbocycles. The standard InChI is InChI=1S/C17H26INO.C2H2O4/c1-14-7-10-19(11-8-14)9-3-4-12-20-17-6-5-15(2)13-16(17)18;3-1(4)2(5)6/h5-6,13-14H,3-4,7-12H2,1-2H3;(H,3,4)(H,5,6). The number of carboxylic acid groups (broad SMARTS) is 2. The quantitative estimate of drug-likeness (QED) is 0.370. The van der Waals surface area contributed by atoms with Crippen LogP contribution < -0.4 is 4.74 Å². The molecule has 1 aliphatic rings. The van der Waals surface area contributed by atoms with Crippen LogP contribution in [0.2, 0.25) is 0 Å². The van der Waals surface area contributed by atoms with Crippen molar-refractivity contribution in [2.45, 2.75) is 39.5 Å². The molecule has 0 spiro atoms. The van der Waals surface area contributed by atoms with Crippen LogP contribution in [0.3, 0.4) is 0 Å². The lowest BCUT2D eigenvalue weighted by molar-refractivity contribution is -0.159. The largest absolute Gasteiger partial charge is 0.492 e. The number of benzene rings is 1. The zero-order valence-electron chi connectivity index (χ0n) is 15.4. The molecule has 1 aromatic rings. The lowest BCUT2D eigenvalue weighted by Crippen LogP contribution is -2.33. The second-order valence-corrected chi connectivity index (χ2v) is 7.79. The number of carboxylic acids is 2. The molecule has 1 aliphatic heterocycles. The number of rotatable bonds is 6. The molecular weight excluding hydrogens is 449 g/mol. The van der Waals surface area contributed by atoms with Gasteiger partial charge in [0.25, 0.3) is 0 Å². The molecule has 2 rings (SSSR count). The minimum absolute atomic E-state index is 0.837. The van der Waals surface area contributed by atoms with Gasteiger partial charge in [0, 0.05) is 0 Å². The maximum atomic E-state index is 9.10. The number of likely N-dealkylation sites (tertiary alicyclic amines) is 1. The Labute approximate surface area is 168 Å². The second kappa shape index (κ2) is 12.1. The number of halogens is 1. The number of unbranched alkanes of at least 4 members (excludes halogenated alkanes) is 1. The minimum atomic E-state index is -1.82. The van der Waals surface area contributed by atoms with E-state index in [1.807, 2.05) is 0 Å². The molecular formula is C19H28INO5. The van der Waals surface area contributed by atoms with Gasteiger partial charge in [-0.2, -0.15) is 0 Å². The summed E-state index contributed by atoms with van der Waals surface area (Å²) in [5, 5.41) is 14.8. The fraction of sp³-hybridized carbons (Fsp3) is 0.579. The normalized spacial score (nSPS) is 15.0. The van der Waals surface area contributed by atoms with Crippen LogP contribution in [-0.4, -0.2) is 53.3 Å². The Kier molecular flexibility index (Phi) is 10.6. The highest BCUT2D eigenvalue weighted by atomic mass is 127. The molecule has 0 amide bonds. The van der Waals surface area contributed by atoms with Crippen LogP contribution >= 0.6 is 22.6 Å². The van der Waals surface area contributed by atoms with Gasteiger partial charge < -0.3 is 19.8 Å². The van der Waals surface area contributed by atoms with E-state index >= 15 is 0 Å². The maximum absolute atomic E-state index is 9.10. The first kappa shape index (κ1) is 22.7. The highest BCUT2D eigenvalue weighted by molar-refractivity contribution is 14.1. The Balaban J connectivity index is 0.000000487. The second-order valence-electron chi connectivity index (χ2n) is 6.62. The molecule has 0 aromatic heterocycles. The molecule has 146 valence electrons. The van der Waals surface area contributed by atoms with Crippen molar-refractivity contribution in [1.29, 1.82) is 0 Å². The third-order valence-corrected chi connectivity index (χ3v) is 5.12. The van der Waals surface area contributed by atoms with Crippen molar-refractivity contribution in [1.82, 2.24) is 4.90 Å². The molecule has 1 fully saturated rings. The van der Waals surface area contributed by atoms with Crippen molar-refractivity contribution in [2.24, 2.45) is 5.92 Å². The smallest absolute Gasteiger partial charge is 0.414 e. The third-order valence-electron chi connectivity index (χ3n) is 4.27. The van der Waals surface area contributed by atoms with E-state index in [9.17, 15) is 0 Å². The summed E-state index contributed by atoms with van der Waals surface area (Å²) in [6, 6.07) is 6.38. The van der Waals surface area contributed by atoms with Gasteiger partial charge in [0.2, 0.25) is 0 Å². The zero-order valence-corrected chi connectivity index (χ0v) is 17.6. The maximum Gasteiger partial charge on any atom is 0.414 e. The fourth-order valence-electron chi connectivity index (χ4n) is 2.63. The Morgan fingerprint density at radius 2 is 1.81 bits per heavy atom. The summed E-state index contributed by atoms with van der Waals surface area (Å²) in [6.45, 7) is 9.14. The molecule has 0 aliphatic carbocycles. The lowest BCUT2D eigenvalue weighted by Gasteiger charge is -2.30. The molecule has 1 saturated heterocycles. The van der Waals surface area contributed by atoms with Crippen LogP contribution in [-0.2, 0) is 9.59 Å². The average Bonchev–Trinajstić information content (AvgIpc) is 2.58. The molecule has 0 unspecified atom stereocenters. The topological polar surface area (TPSA) is 87.1 Å². The van der Waals surface area contributed by atoms with Gasteiger partial charge >= 0.3 is 11.9 Å². The first-order chi connectivity index (χ1) is 12.3. The first-order valence-electron chi connectivity index (χ1n) is 8.87. The monoisotopic (exact) mass is 477 g/mol. The number of piperidine rings is 1. The van der Waals surface area contributed by atoms with Crippen LogP contribution in [0.25, 0.3) is 0 Å². The number of hydrogen-bond acceptors (Lipinski definition) is 4. The molecule has 0 atom stereocenters. The van der Waals surface area contributed by atoms with Gasteiger partial charge in [0.15, 0.2) is 0 Å². The van der Waals surface area contributed by atoms with E-state index in [2.05, 4.69) is 59.5 Å². The van der Waals surface area contributed by atoms with E-state index < -0.39 is 11.9 Å². The van der Waals surface area contributed by atoms with Crippen molar-refractivity contribution in [3.8, 4) is 5.75 Å². The van der Waals surface area contributed by atoms with Crippen molar-refractivity contribution in [3.05, 3.63) is 27.3 Å². The minimum Gasteiger partial charge on any atom is -0.492 e. The van der Waals surface area contributed by atoms with E-state index in [0.717, 1.165) is 24.7 Å². The summed E-state index contributed by atoms with van der Waals surface area (Å²) in [5.74, 6) is -1.69. The van der Waals surface area contributed by atoms with Crippen molar-refractivity contribution >= 4 is 34.5 Å². The first-order valence-corrected chi connectivity index (χ1v) is 9.95. The van der Waals surface area contributed by atoms with E-state index in [4.69, 9.17) is 24.5 Å². The van der Waals surface area contributed by atoms with Gasteiger partial charge in [-0.1, -0.05) is 13.0 Å². The molecule has 0 radical (unpaired) electrons. The highest BCUT2D eigenvalue weighted by Crippen LogP contribution is 2.22. The predicted octanol–water partition coefficient (Wildman–Crippen LogP) is 3.65. The van der Waals surface area contributed by atoms with Gasteiger partial charge in [-0.25, -0.2) is 9.59 Å². The van der Waals surface area contributed by atoms with Gasteiger partial charge in [0.1, 0.15) is 5.75 Å². The molecule has 26 heavy (non-hydrogen) atoms. The van der Waals surface area contributed by atoms with Crippen LogP contribution in [0.5, 0.6) is 5.75 Å². The highest BCUT2D eigenvalue weighted by Gasteiger charge is 2.14. The Morgan fingerprint density at radius 3 is 2.35 bits per heavy atom. The molecule has 2 N–H and O–H groups in total. The lowest BCUT2D eigenvalue weighted by atomic mass is 9.99. The van der Waals surface area contributed by atoms with Crippen LogP contribution in [0.4, 0.5) is 0 Å². The van der Waals surface area contributed by atoms with Crippen LogP contribution in [0.1, 0.15) is 38.2 Å². The summed E-state index contributed by atoms with van der Waals surface area (Å²) in [4.78, 5) is 20.8. The number of nitrogens with zero attached hydrogens (tertiary/aromatic N) is 1. The van der Waals surface area contributed by atoms with E-state index in [0.29, 0.717) is 0 Å². The fourth-order valence-corrected chi connectivity index (χ4v) is 3.45. The Hall–Kier alpha value is -1.35. The third kappa shape index (κ3) is 9.38. The van der Waals surface area contributed by atoms with Gasteiger partial charge in [0.05, 0.1) is 10.2 Å². The summed E-state index contributed by atoms with van der Waals surface area (Å²) in [6.07, 6.45) is 5.14. The van der Waals surface area contributed by atoms with E-state index in [1.54, 1.807) is 0 Å². The van der Waals surface area contributed by atoms with Gasteiger partial charge in [-0.15, -0.1) is 0 Å². The molecule has 0 bridgehead atoms. The SMILES string of the molecule is Cc1ccc(OCCCCN2CCC(C)CC2)c(I)c1.O=C(O)C(=O)O. The predicted molar refractivity (Wildman–Crippen MR) is 109 cm³/mol. The number of hydrogen-bond donors (Lipinski definition) is 2. The molecule has 1 aromatic carbocycles. The number of ether oxygens (including phenoxy) is 1. The van der Waals surface area contributed by atoms with Crippen LogP contribution in [0, 0.1) is 16.4 Å². The summed E-state index contributed by atoms with van der Waals surface area (Å²) in [5.41, 5.74) is 1.29. The number of aryl methyl sites for hydroxylation is 1. The summed E-state index contributed by atoms with van der Waals surface area (Å²) in [7, 11) is 0. The van der Waals surface area contributed by atoms with Crippen LogP contribution in [0.15, 0.2) is 18.2 Å². The van der Waals surface area contributed by atoms with Crippen molar-refractivity contribution < 1.29 is 24.5 Å². The average molecular weight is 477 g/mol. The van der Waals surface area contributed by atoms with Crippen molar-refractivity contribution in [3.63, 3.8) is 0 Å². The van der Waals surface area contributed by atoms with E-state index in [-0.39, 0.29) is 0 Å². The molecule has 6 nitrogen and oxygen atoms in total. The molecule has 7 heteroatoms. The zero-order chi connectivity index (χ0) is 19.5. The van der Waals surface area contributed by atoms with Gasteiger partial charge in [-0.05, 0) is 98.4 Å². The number of carbonyl (C=O) groups is 2. The summed E-state index contributed by atoms with van der Waals surface area (Å²) < 4.78 is 7.09. The van der Waals surface area contributed by atoms with E-state index in [1.165, 1.54) is 48.0 Å². The molecule has 1 heterocycles. The number of aliphatic carboxylic acids is 2.